The van der Waals surface area contributed by atoms with Gasteiger partial charge in [0.05, 0.1) is 19.8 Å². The first-order chi connectivity index (χ1) is 10.0. The van der Waals surface area contributed by atoms with E-state index in [4.69, 9.17) is 14.6 Å². The van der Waals surface area contributed by atoms with Crippen LogP contribution in [-0.4, -0.2) is 63.4 Å². The number of ether oxygens (including phenoxy) is 2. The van der Waals surface area contributed by atoms with E-state index in [-0.39, 0.29) is 24.3 Å². The van der Waals surface area contributed by atoms with Gasteiger partial charge in [-0.3, -0.25) is 9.59 Å². The van der Waals surface area contributed by atoms with Crippen molar-refractivity contribution in [3.63, 3.8) is 0 Å². The number of carbonyl (C=O) groups excluding carboxylic acids is 2. The van der Waals surface area contributed by atoms with E-state index in [0.29, 0.717) is 26.4 Å². The first-order valence-electron chi connectivity index (χ1n) is 6.50. The monoisotopic (exact) mass is 302 g/mol. The van der Waals surface area contributed by atoms with Gasteiger partial charge in [0, 0.05) is 38.8 Å². The molecular formula is C13H22N2O6. The molecule has 0 saturated carbocycles. The van der Waals surface area contributed by atoms with Gasteiger partial charge in [0.2, 0.25) is 11.8 Å². The summed E-state index contributed by atoms with van der Waals surface area (Å²) in [7, 11) is 2.96. The number of hydrogen-bond acceptors (Lipinski definition) is 5. The highest BCUT2D eigenvalue weighted by Gasteiger charge is 2.11. The van der Waals surface area contributed by atoms with Gasteiger partial charge in [0.15, 0.2) is 0 Å². The number of carboxylic acids is 1. The molecule has 0 fully saturated rings. The molecule has 0 aliphatic heterocycles. The van der Waals surface area contributed by atoms with E-state index >= 15 is 0 Å². The zero-order valence-electron chi connectivity index (χ0n) is 12.3. The standard InChI is InChI=1S/C13H22N2O6/c1-14-12(17)9-10(13(18)19)3-4-11(16)15-5-6-21-8-7-20-2/h9H,3-8H2,1-2H3,(H,14,17)(H,15,16)(H,18,19)/b10-9-. The molecule has 8 heteroatoms. The van der Waals surface area contributed by atoms with E-state index in [0.717, 1.165) is 6.08 Å². The highest BCUT2D eigenvalue weighted by atomic mass is 16.5. The van der Waals surface area contributed by atoms with E-state index in [1.54, 1.807) is 7.11 Å². The molecule has 3 N–H and O–H groups in total. The highest BCUT2D eigenvalue weighted by molar-refractivity contribution is 5.97. The van der Waals surface area contributed by atoms with E-state index in [1.807, 2.05) is 0 Å². The molecule has 21 heavy (non-hydrogen) atoms. The molecule has 0 aromatic carbocycles. The molecule has 0 aliphatic rings. The summed E-state index contributed by atoms with van der Waals surface area (Å²) in [5, 5.41) is 13.8. The first-order valence-corrected chi connectivity index (χ1v) is 6.50. The third kappa shape index (κ3) is 10.5. The molecule has 8 nitrogen and oxygen atoms in total. The van der Waals surface area contributed by atoms with Gasteiger partial charge in [-0.2, -0.15) is 0 Å². The largest absolute Gasteiger partial charge is 0.478 e. The molecule has 0 atom stereocenters. The van der Waals surface area contributed by atoms with Crippen LogP contribution in [0, 0.1) is 0 Å². The summed E-state index contributed by atoms with van der Waals surface area (Å²) in [6.45, 7) is 1.63. The fourth-order valence-corrected chi connectivity index (χ4v) is 1.31. The molecule has 0 radical (unpaired) electrons. The maximum atomic E-state index is 11.5. The molecule has 0 unspecified atom stereocenters. The van der Waals surface area contributed by atoms with Crippen molar-refractivity contribution in [2.45, 2.75) is 12.8 Å². The van der Waals surface area contributed by atoms with Gasteiger partial charge in [0.1, 0.15) is 0 Å². The predicted molar refractivity (Wildman–Crippen MR) is 74.7 cm³/mol. The number of rotatable bonds is 11. The lowest BCUT2D eigenvalue weighted by atomic mass is 10.1. The van der Waals surface area contributed by atoms with Gasteiger partial charge in [-0.25, -0.2) is 4.79 Å². The Morgan fingerprint density at radius 1 is 1.14 bits per heavy atom. The fourth-order valence-electron chi connectivity index (χ4n) is 1.31. The van der Waals surface area contributed by atoms with Crippen LogP contribution in [0.3, 0.4) is 0 Å². The summed E-state index contributed by atoms with van der Waals surface area (Å²) >= 11 is 0. The van der Waals surface area contributed by atoms with Gasteiger partial charge in [-0.1, -0.05) is 0 Å². The van der Waals surface area contributed by atoms with Gasteiger partial charge in [0.25, 0.3) is 0 Å². The van der Waals surface area contributed by atoms with Crippen LogP contribution in [0.1, 0.15) is 12.8 Å². The minimum Gasteiger partial charge on any atom is -0.478 e. The summed E-state index contributed by atoms with van der Waals surface area (Å²) in [5.74, 6) is -2.02. The lowest BCUT2D eigenvalue weighted by Crippen LogP contribution is -2.27. The molecule has 0 aromatic heterocycles. The third-order valence-electron chi connectivity index (χ3n) is 2.45. The average molecular weight is 302 g/mol. The Morgan fingerprint density at radius 2 is 1.86 bits per heavy atom. The molecule has 0 heterocycles. The van der Waals surface area contributed by atoms with Crippen LogP contribution in [0.4, 0.5) is 0 Å². The Labute approximate surface area is 123 Å². The molecule has 0 saturated heterocycles. The normalized spacial score (nSPS) is 11.0. The zero-order chi connectivity index (χ0) is 16.1. The van der Waals surface area contributed by atoms with Crippen LogP contribution >= 0.6 is 0 Å². The third-order valence-corrected chi connectivity index (χ3v) is 2.45. The van der Waals surface area contributed by atoms with E-state index in [1.165, 1.54) is 7.05 Å². The van der Waals surface area contributed by atoms with Crippen LogP contribution < -0.4 is 10.6 Å². The summed E-state index contributed by atoms with van der Waals surface area (Å²) in [4.78, 5) is 33.5. The fraction of sp³-hybridized carbons (Fsp3) is 0.615. The van der Waals surface area contributed by atoms with Crippen molar-refractivity contribution in [1.82, 2.24) is 10.6 Å². The summed E-state index contributed by atoms with van der Waals surface area (Å²) in [6, 6.07) is 0. The smallest absolute Gasteiger partial charge is 0.331 e. The van der Waals surface area contributed by atoms with Crippen LogP contribution in [-0.2, 0) is 23.9 Å². The molecular weight excluding hydrogens is 280 g/mol. The quantitative estimate of drug-likeness (QED) is 0.343. The van der Waals surface area contributed by atoms with Crippen molar-refractivity contribution < 1.29 is 29.0 Å². The van der Waals surface area contributed by atoms with Crippen LogP contribution in [0.15, 0.2) is 11.6 Å². The number of nitrogens with one attached hydrogen (secondary N) is 2. The topological polar surface area (TPSA) is 114 Å². The average Bonchev–Trinajstić information content (AvgIpc) is 2.46. The second-order valence-electron chi connectivity index (χ2n) is 4.04. The Bertz CT molecular complexity index is 381. The number of hydrogen-bond donors (Lipinski definition) is 3. The number of likely N-dealkylation sites (N-methyl/N-ethyl adjacent to an activating group) is 1. The predicted octanol–water partition coefficient (Wildman–Crippen LogP) is -0.697. The van der Waals surface area contributed by atoms with Gasteiger partial charge >= 0.3 is 5.97 Å². The zero-order valence-corrected chi connectivity index (χ0v) is 12.3. The van der Waals surface area contributed by atoms with Crippen molar-refractivity contribution in [2.24, 2.45) is 0 Å². The van der Waals surface area contributed by atoms with E-state index in [9.17, 15) is 14.4 Å². The molecule has 120 valence electrons. The van der Waals surface area contributed by atoms with Crippen molar-refractivity contribution in [2.75, 3.05) is 40.5 Å². The van der Waals surface area contributed by atoms with Crippen molar-refractivity contribution in [3.05, 3.63) is 11.6 Å². The number of carbonyl (C=O) groups is 3. The molecule has 0 spiro atoms. The Hall–Kier alpha value is -1.93. The van der Waals surface area contributed by atoms with Crippen molar-refractivity contribution in [3.8, 4) is 0 Å². The van der Waals surface area contributed by atoms with Crippen LogP contribution in [0.5, 0.6) is 0 Å². The summed E-state index contributed by atoms with van der Waals surface area (Å²) in [5.41, 5.74) is -0.110. The lowest BCUT2D eigenvalue weighted by molar-refractivity contribution is -0.133. The number of methoxy groups -OCH3 is 1. The molecule has 0 rings (SSSR count). The Morgan fingerprint density at radius 3 is 2.43 bits per heavy atom. The van der Waals surface area contributed by atoms with E-state index < -0.39 is 11.9 Å². The van der Waals surface area contributed by atoms with Crippen molar-refractivity contribution in [1.29, 1.82) is 0 Å². The second-order valence-corrected chi connectivity index (χ2v) is 4.04. The SMILES string of the molecule is CNC(=O)/C=C(/CCC(=O)NCCOCCOC)C(=O)O. The second kappa shape index (κ2) is 11.9. The minimum absolute atomic E-state index is 0.00675. The van der Waals surface area contributed by atoms with Gasteiger partial charge in [-0.15, -0.1) is 0 Å². The molecule has 0 aliphatic carbocycles. The first kappa shape index (κ1) is 19.1. The maximum Gasteiger partial charge on any atom is 0.331 e. The number of amides is 2. The Balaban J connectivity index is 3.96. The van der Waals surface area contributed by atoms with Crippen LogP contribution in [0.2, 0.25) is 0 Å². The lowest BCUT2D eigenvalue weighted by Gasteiger charge is -2.06. The van der Waals surface area contributed by atoms with Crippen molar-refractivity contribution >= 4 is 17.8 Å². The molecule has 0 aromatic rings. The van der Waals surface area contributed by atoms with Crippen LogP contribution in [0.25, 0.3) is 0 Å². The number of aliphatic carboxylic acids is 1. The number of carboxylic acid groups (broad SMARTS) is 1. The molecule has 0 bridgehead atoms. The molecule has 2 amide bonds. The van der Waals surface area contributed by atoms with E-state index in [2.05, 4.69) is 10.6 Å². The van der Waals surface area contributed by atoms with Gasteiger partial charge < -0.3 is 25.2 Å². The summed E-state index contributed by atoms with van der Waals surface area (Å²) < 4.78 is 9.95. The maximum absolute atomic E-state index is 11.5. The summed E-state index contributed by atoms with van der Waals surface area (Å²) in [6.07, 6.45) is 0.954. The minimum atomic E-state index is -1.21. The Kier molecular flexibility index (Phi) is 10.8. The van der Waals surface area contributed by atoms with Gasteiger partial charge in [-0.05, 0) is 6.42 Å². The highest BCUT2D eigenvalue weighted by Crippen LogP contribution is 2.05.